The summed E-state index contributed by atoms with van der Waals surface area (Å²) in [6.45, 7) is 3.19. The number of hydrogen-bond acceptors (Lipinski definition) is 3. The zero-order valence-electron chi connectivity index (χ0n) is 12.0. The summed E-state index contributed by atoms with van der Waals surface area (Å²) >= 11 is 0. The molecule has 0 radical (unpaired) electrons. The molecular weight excluding hydrogens is 248 g/mol. The molecule has 0 unspecified atom stereocenters. The number of rotatable bonds is 4. The maximum absolute atomic E-state index is 5.91. The second kappa shape index (κ2) is 6.25. The summed E-state index contributed by atoms with van der Waals surface area (Å²) in [6, 6.07) is 15.0. The second-order valence-electron chi connectivity index (χ2n) is 5.59. The monoisotopic (exact) mass is 270 g/mol. The van der Waals surface area contributed by atoms with E-state index in [-0.39, 0.29) is 0 Å². The van der Waals surface area contributed by atoms with Crippen molar-refractivity contribution in [2.75, 3.05) is 20.1 Å². The lowest BCUT2D eigenvalue weighted by Gasteiger charge is -2.29. The van der Waals surface area contributed by atoms with Gasteiger partial charge in [0.05, 0.1) is 6.54 Å². The Labute approximate surface area is 120 Å². The number of furan rings is 1. The van der Waals surface area contributed by atoms with Crippen LogP contribution in [0.5, 0.6) is 0 Å². The van der Waals surface area contributed by atoms with Crippen LogP contribution in [0.4, 0.5) is 0 Å². The fourth-order valence-corrected chi connectivity index (χ4v) is 2.69. The average molecular weight is 270 g/mol. The zero-order chi connectivity index (χ0) is 13.8. The molecule has 0 bridgehead atoms. The van der Waals surface area contributed by atoms with E-state index in [0.29, 0.717) is 6.04 Å². The summed E-state index contributed by atoms with van der Waals surface area (Å²) in [5.41, 5.74) is 1.14. The molecule has 3 nitrogen and oxygen atoms in total. The van der Waals surface area contributed by atoms with Gasteiger partial charge in [0.25, 0.3) is 0 Å². The molecule has 2 aromatic rings. The van der Waals surface area contributed by atoms with Gasteiger partial charge in [-0.05, 0) is 45.1 Å². The van der Waals surface area contributed by atoms with Crippen molar-refractivity contribution in [3.63, 3.8) is 0 Å². The molecule has 20 heavy (non-hydrogen) atoms. The molecule has 3 heteroatoms. The van der Waals surface area contributed by atoms with Crippen molar-refractivity contribution in [1.82, 2.24) is 10.2 Å². The molecule has 3 rings (SSSR count). The van der Waals surface area contributed by atoms with E-state index in [2.05, 4.69) is 41.5 Å². The molecule has 0 amide bonds. The van der Waals surface area contributed by atoms with Crippen molar-refractivity contribution < 1.29 is 4.42 Å². The maximum atomic E-state index is 5.91. The lowest BCUT2D eigenvalue weighted by molar-refractivity contribution is 0.231. The highest BCUT2D eigenvalue weighted by molar-refractivity contribution is 5.57. The van der Waals surface area contributed by atoms with E-state index in [4.69, 9.17) is 4.42 Å². The van der Waals surface area contributed by atoms with Gasteiger partial charge in [-0.15, -0.1) is 0 Å². The molecule has 106 valence electrons. The van der Waals surface area contributed by atoms with E-state index in [0.717, 1.165) is 23.6 Å². The number of nitrogens with one attached hydrogen (secondary N) is 1. The van der Waals surface area contributed by atoms with Crippen LogP contribution < -0.4 is 5.32 Å². The topological polar surface area (TPSA) is 28.4 Å². The highest BCUT2D eigenvalue weighted by Gasteiger charge is 2.16. The van der Waals surface area contributed by atoms with Crippen LogP contribution in [0.15, 0.2) is 46.9 Å². The smallest absolute Gasteiger partial charge is 0.134 e. The fraction of sp³-hybridized carbons (Fsp3) is 0.412. The Balaban J connectivity index is 1.55. The minimum Gasteiger partial charge on any atom is -0.460 e. The van der Waals surface area contributed by atoms with Crippen LogP contribution >= 0.6 is 0 Å². The SMILES string of the molecule is CN1CCC(NCc2ccc(-c3ccccc3)o2)CC1. The van der Waals surface area contributed by atoms with E-state index in [1.54, 1.807) is 0 Å². The summed E-state index contributed by atoms with van der Waals surface area (Å²) in [5, 5.41) is 3.60. The Hall–Kier alpha value is -1.58. The van der Waals surface area contributed by atoms with Gasteiger partial charge in [0.2, 0.25) is 0 Å². The fourth-order valence-electron chi connectivity index (χ4n) is 2.69. The summed E-state index contributed by atoms with van der Waals surface area (Å²) in [5.74, 6) is 1.97. The normalized spacial score (nSPS) is 17.4. The molecular formula is C17H22N2O. The van der Waals surface area contributed by atoms with Crippen LogP contribution in [-0.2, 0) is 6.54 Å². The number of piperidine rings is 1. The lowest BCUT2D eigenvalue weighted by Crippen LogP contribution is -2.40. The molecule has 1 aromatic carbocycles. The van der Waals surface area contributed by atoms with Gasteiger partial charge < -0.3 is 14.6 Å². The molecule has 1 fully saturated rings. The lowest BCUT2D eigenvalue weighted by atomic mass is 10.1. The molecule has 0 spiro atoms. The highest BCUT2D eigenvalue weighted by atomic mass is 16.3. The molecule has 0 atom stereocenters. The molecule has 0 saturated carbocycles. The quantitative estimate of drug-likeness (QED) is 0.925. The van der Waals surface area contributed by atoms with Crippen molar-refractivity contribution in [3.8, 4) is 11.3 Å². The predicted octanol–water partition coefficient (Wildman–Crippen LogP) is 3.13. The van der Waals surface area contributed by atoms with Gasteiger partial charge in [-0.1, -0.05) is 30.3 Å². The van der Waals surface area contributed by atoms with Crippen LogP contribution in [0, 0.1) is 0 Å². The Morgan fingerprint density at radius 3 is 2.60 bits per heavy atom. The first-order valence-electron chi connectivity index (χ1n) is 7.37. The predicted molar refractivity (Wildman–Crippen MR) is 81.5 cm³/mol. The minimum atomic E-state index is 0.622. The third-order valence-corrected chi connectivity index (χ3v) is 4.00. The minimum absolute atomic E-state index is 0.622. The van der Waals surface area contributed by atoms with Crippen LogP contribution in [0.25, 0.3) is 11.3 Å². The zero-order valence-corrected chi connectivity index (χ0v) is 12.0. The largest absolute Gasteiger partial charge is 0.460 e. The molecule has 1 saturated heterocycles. The van der Waals surface area contributed by atoms with E-state index in [1.165, 1.54) is 25.9 Å². The number of likely N-dealkylation sites (tertiary alicyclic amines) is 1. The van der Waals surface area contributed by atoms with Crippen LogP contribution in [0.3, 0.4) is 0 Å². The summed E-state index contributed by atoms with van der Waals surface area (Å²) in [6.07, 6.45) is 2.45. The van der Waals surface area contributed by atoms with Crippen molar-refractivity contribution >= 4 is 0 Å². The highest BCUT2D eigenvalue weighted by Crippen LogP contribution is 2.21. The molecule has 1 aliphatic heterocycles. The number of nitrogens with zero attached hydrogens (tertiary/aromatic N) is 1. The van der Waals surface area contributed by atoms with E-state index in [9.17, 15) is 0 Å². The van der Waals surface area contributed by atoms with Crippen molar-refractivity contribution in [1.29, 1.82) is 0 Å². The Bertz CT molecular complexity index is 527. The van der Waals surface area contributed by atoms with Crippen LogP contribution in [-0.4, -0.2) is 31.1 Å². The third kappa shape index (κ3) is 3.30. The molecule has 2 heterocycles. The summed E-state index contributed by atoms with van der Waals surface area (Å²) in [4.78, 5) is 2.39. The molecule has 0 aliphatic carbocycles. The van der Waals surface area contributed by atoms with E-state index in [1.807, 2.05) is 18.2 Å². The Kier molecular flexibility index (Phi) is 4.19. The van der Waals surface area contributed by atoms with Gasteiger partial charge in [-0.2, -0.15) is 0 Å². The first-order chi connectivity index (χ1) is 9.81. The van der Waals surface area contributed by atoms with Gasteiger partial charge in [-0.3, -0.25) is 0 Å². The van der Waals surface area contributed by atoms with E-state index >= 15 is 0 Å². The van der Waals surface area contributed by atoms with Gasteiger partial charge >= 0.3 is 0 Å². The van der Waals surface area contributed by atoms with Gasteiger partial charge in [0.15, 0.2) is 0 Å². The van der Waals surface area contributed by atoms with Gasteiger partial charge in [0.1, 0.15) is 11.5 Å². The van der Waals surface area contributed by atoms with Gasteiger partial charge in [0, 0.05) is 11.6 Å². The number of hydrogen-bond donors (Lipinski definition) is 1. The van der Waals surface area contributed by atoms with Crippen molar-refractivity contribution in [3.05, 3.63) is 48.2 Å². The summed E-state index contributed by atoms with van der Waals surface area (Å²) < 4.78 is 5.91. The van der Waals surface area contributed by atoms with Crippen LogP contribution in [0.1, 0.15) is 18.6 Å². The summed E-state index contributed by atoms with van der Waals surface area (Å²) in [7, 11) is 2.19. The molecule has 1 aromatic heterocycles. The van der Waals surface area contributed by atoms with Crippen LogP contribution in [0.2, 0.25) is 0 Å². The molecule has 1 aliphatic rings. The van der Waals surface area contributed by atoms with Gasteiger partial charge in [-0.25, -0.2) is 0 Å². The van der Waals surface area contributed by atoms with Crippen molar-refractivity contribution in [2.24, 2.45) is 0 Å². The van der Waals surface area contributed by atoms with Crippen molar-refractivity contribution in [2.45, 2.75) is 25.4 Å². The maximum Gasteiger partial charge on any atom is 0.134 e. The standard InChI is InChI=1S/C17H22N2O/c1-19-11-9-15(10-12-19)18-13-16-7-8-17(20-16)14-5-3-2-4-6-14/h2-8,15,18H,9-13H2,1H3. The Morgan fingerprint density at radius 2 is 1.85 bits per heavy atom. The number of benzene rings is 1. The first kappa shape index (κ1) is 13.4. The Morgan fingerprint density at radius 1 is 1.10 bits per heavy atom. The third-order valence-electron chi connectivity index (χ3n) is 4.00. The first-order valence-corrected chi connectivity index (χ1v) is 7.37. The molecule has 1 N–H and O–H groups in total. The van der Waals surface area contributed by atoms with E-state index < -0.39 is 0 Å². The average Bonchev–Trinajstić information content (AvgIpc) is 2.97. The second-order valence-corrected chi connectivity index (χ2v) is 5.59.